The molecular formula is C20H27O5P. The summed E-state index contributed by atoms with van der Waals surface area (Å²) in [6.07, 6.45) is 7.57. The van der Waals surface area contributed by atoms with Crippen molar-refractivity contribution in [3.63, 3.8) is 0 Å². The Morgan fingerprint density at radius 2 is 1.81 bits per heavy atom. The smallest absolute Gasteiger partial charge is 0.354 e. The molecule has 6 heteroatoms. The first kappa shape index (κ1) is 20.7. The quantitative estimate of drug-likeness (QED) is 0.402. The Morgan fingerprint density at radius 1 is 1.15 bits per heavy atom. The van der Waals surface area contributed by atoms with Crippen LogP contribution in [0.4, 0.5) is 0 Å². The van der Waals surface area contributed by atoms with Crippen molar-refractivity contribution in [3.8, 4) is 5.75 Å². The Balaban J connectivity index is 2.02. The van der Waals surface area contributed by atoms with E-state index in [-0.39, 0.29) is 25.4 Å². The van der Waals surface area contributed by atoms with Crippen LogP contribution in [-0.4, -0.2) is 26.4 Å². The average Bonchev–Trinajstić information content (AvgIpc) is 2.70. The zero-order valence-corrected chi connectivity index (χ0v) is 16.1. The van der Waals surface area contributed by atoms with Crippen LogP contribution in [-0.2, 0) is 18.3 Å². The van der Waals surface area contributed by atoms with Crippen LogP contribution in [0, 0.1) is 0 Å². The first-order valence-corrected chi connectivity index (χ1v) is 10.3. The van der Waals surface area contributed by atoms with Gasteiger partial charge in [0.1, 0.15) is 5.75 Å². The van der Waals surface area contributed by atoms with Crippen molar-refractivity contribution in [1.82, 2.24) is 0 Å². The second-order valence-corrected chi connectivity index (χ2v) is 7.81. The third-order valence-electron chi connectivity index (χ3n) is 4.01. The normalized spacial score (nSPS) is 20.8. The Labute approximate surface area is 155 Å². The number of ether oxygens (including phenoxy) is 2. The lowest BCUT2D eigenvalue weighted by Gasteiger charge is -2.29. The molecule has 0 saturated carbocycles. The van der Waals surface area contributed by atoms with Crippen molar-refractivity contribution in [2.75, 3.05) is 20.3 Å². The average molecular weight is 378 g/mol. The molecule has 1 saturated heterocycles. The van der Waals surface area contributed by atoms with E-state index in [1.807, 2.05) is 24.3 Å². The predicted molar refractivity (Wildman–Crippen MR) is 104 cm³/mol. The Morgan fingerprint density at radius 3 is 2.38 bits per heavy atom. The fourth-order valence-corrected chi connectivity index (χ4v) is 3.97. The Kier molecular flexibility index (Phi) is 8.33. The lowest BCUT2D eigenvalue weighted by atomic mass is 9.98. The van der Waals surface area contributed by atoms with E-state index >= 15 is 0 Å². The molecule has 142 valence electrons. The van der Waals surface area contributed by atoms with Gasteiger partial charge in [-0.2, -0.15) is 0 Å². The van der Waals surface area contributed by atoms with Crippen LogP contribution in [0.5, 0.6) is 5.75 Å². The fourth-order valence-electron chi connectivity index (χ4n) is 2.69. The molecule has 0 N–H and O–H groups in total. The zero-order chi connectivity index (χ0) is 18.8. The van der Waals surface area contributed by atoms with Gasteiger partial charge in [-0.05, 0) is 43.0 Å². The summed E-state index contributed by atoms with van der Waals surface area (Å²) in [6, 6.07) is 7.89. The summed E-state index contributed by atoms with van der Waals surface area (Å²) in [4.78, 5) is 0. The van der Waals surface area contributed by atoms with Crippen LogP contribution in [0.15, 0.2) is 61.5 Å². The van der Waals surface area contributed by atoms with Gasteiger partial charge in [-0.15, -0.1) is 13.2 Å². The maximum Gasteiger partial charge on any atom is 0.354 e. The Hall–Kier alpha value is -1.65. The summed E-state index contributed by atoms with van der Waals surface area (Å²) in [6.45, 7) is 7.44. The third kappa shape index (κ3) is 6.26. The highest BCUT2D eigenvalue weighted by atomic mass is 31.2. The van der Waals surface area contributed by atoms with E-state index in [0.29, 0.717) is 0 Å². The lowest BCUT2D eigenvalue weighted by molar-refractivity contribution is -0.0267. The molecule has 2 atom stereocenters. The third-order valence-corrected chi connectivity index (χ3v) is 5.56. The molecule has 2 rings (SSSR count). The van der Waals surface area contributed by atoms with Gasteiger partial charge in [-0.1, -0.05) is 24.3 Å². The summed E-state index contributed by atoms with van der Waals surface area (Å²) in [5, 5.41) is 0. The van der Waals surface area contributed by atoms with E-state index in [1.54, 1.807) is 13.2 Å². The molecule has 1 aliphatic heterocycles. The molecule has 5 nitrogen and oxygen atoms in total. The van der Waals surface area contributed by atoms with Crippen molar-refractivity contribution < 1.29 is 23.1 Å². The maximum atomic E-state index is 12.7. The van der Waals surface area contributed by atoms with E-state index < -0.39 is 7.60 Å². The largest absolute Gasteiger partial charge is 0.497 e. The van der Waals surface area contributed by atoms with Crippen molar-refractivity contribution in [2.24, 2.45) is 0 Å². The maximum absolute atomic E-state index is 12.7. The van der Waals surface area contributed by atoms with Crippen molar-refractivity contribution in [1.29, 1.82) is 0 Å². The van der Waals surface area contributed by atoms with Gasteiger partial charge in [-0.25, -0.2) is 0 Å². The van der Waals surface area contributed by atoms with E-state index in [1.165, 1.54) is 18.0 Å². The standard InChI is InChI=1S/C20H27O5P/c1-4-14-23-26(21,24-15-5-2)16-13-19-7-6-8-20(25-19)17-9-11-18(22-3)12-10-17/h4-5,9-13,16,19-20H,1-2,6-8,14-15H2,3H3/b16-13+/t19-,20+/m0/s1. The molecule has 0 bridgehead atoms. The summed E-state index contributed by atoms with van der Waals surface area (Å²) in [5.74, 6) is 2.31. The summed E-state index contributed by atoms with van der Waals surface area (Å²) < 4.78 is 34.7. The molecule has 0 unspecified atom stereocenters. The van der Waals surface area contributed by atoms with E-state index in [4.69, 9.17) is 18.5 Å². The first-order chi connectivity index (χ1) is 12.6. The van der Waals surface area contributed by atoms with Gasteiger partial charge >= 0.3 is 7.60 Å². The van der Waals surface area contributed by atoms with Crippen LogP contribution < -0.4 is 4.74 Å². The molecule has 26 heavy (non-hydrogen) atoms. The number of hydrogen-bond acceptors (Lipinski definition) is 5. The highest BCUT2D eigenvalue weighted by Crippen LogP contribution is 2.50. The molecule has 0 aliphatic carbocycles. The molecule has 1 aromatic rings. The summed E-state index contributed by atoms with van der Waals surface area (Å²) in [5.41, 5.74) is 1.11. The predicted octanol–water partition coefficient (Wildman–Crippen LogP) is 5.42. The molecule has 1 aliphatic rings. The number of hydrogen-bond donors (Lipinski definition) is 0. The second-order valence-electron chi connectivity index (χ2n) is 5.92. The van der Waals surface area contributed by atoms with Gasteiger partial charge in [0.2, 0.25) is 0 Å². The minimum absolute atomic E-state index is 0.00637. The molecule has 1 fully saturated rings. The van der Waals surface area contributed by atoms with Crippen LogP contribution in [0.1, 0.15) is 30.9 Å². The number of methoxy groups -OCH3 is 1. The van der Waals surface area contributed by atoms with Crippen molar-refractivity contribution in [3.05, 3.63) is 67.0 Å². The van der Waals surface area contributed by atoms with Gasteiger partial charge in [0.15, 0.2) is 0 Å². The SMILES string of the molecule is C=CCOP(=O)(/C=C/[C@@H]1CCC[C@H](c2ccc(OC)cc2)O1)OCC=C. The Bertz CT molecular complexity index is 637. The minimum Gasteiger partial charge on any atom is -0.497 e. The second kappa shape index (κ2) is 10.5. The molecule has 1 heterocycles. The van der Waals surface area contributed by atoms with Crippen LogP contribution in [0.2, 0.25) is 0 Å². The molecular weight excluding hydrogens is 351 g/mol. The molecule has 0 radical (unpaired) electrons. The van der Waals surface area contributed by atoms with Gasteiger partial charge in [-0.3, -0.25) is 4.57 Å². The molecule has 0 spiro atoms. The summed E-state index contributed by atoms with van der Waals surface area (Å²) in [7, 11) is -1.69. The summed E-state index contributed by atoms with van der Waals surface area (Å²) >= 11 is 0. The first-order valence-electron chi connectivity index (χ1n) is 8.69. The van der Waals surface area contributed by atoms with Gasteiger partial charge in [0.25, 0.3) is 0 Å². The van der Waals surface area contributed by atoms with Gasteiger partial charge in [0.05, 0.1) is 32.5 Å². The van der Waals surface area contributed by atoms with E-state index in [9.17, 15) is 4.57 Å². The van der Waals surface area contributed by atoms with E-state index in [2.05, 4.69) is 13.2 Å². The van der Waals surface area contributed by atoms with Crippen LogP contribution in [0.25, 0.3) is 0 Å². The van der Waals surface area contributed by atoms with Gasteiger partial charge in [0, 0.05) is 5.82 Å². The van der Waals surface area contributed by atoms with Crippen LogP contribution >= 0.6 is 7.60 Å². The van der Waals surface area contributed by atoms with Gasteiger partial charge < -0.3 is 18.5 Å². The van der Waals surface area contributed by atoms with Crippen LogP contribution in [0.3, 0.4) is 0 Å². The van der Waals surface area contributed by atoms with Crippen molar-refractivity contribution >= 4 is 7.60 Å². The highest BCUT2D eigenvalue weighted by molar-refractivity contribution is 7.57. The highest BCUT2D eigenvalue weighted by Gasteiger charge is 2.25. The lowest BCUT2D eigenvalue weighted by Crippen LogP contribution is -2.20. The number of benzene rings is 1. The number of rotatable bonds is 10. The minimum atomic E-state index is -3.34. The van der Waals surface area contributed by atoms with E-state index in [0.717, 1.165) is 30.6 Å². The fraction of sp³-hybridized carbons (Fsp3) is 0.400. The molecule has 0 aromatic heterocycles. The molecule has 0 amide bonds. The van der Waals surface area contributed by atoms with Crippen molar-refractivity contribution in [2.45, 2.75) is 31.5 Å². The topological polar surface area (TPSA) is 54.0 Å². The zero-order valence-electron chi connectivity index (χ0n) is 15.2. The monoisotopic (exact) mass is 378 g/mol. The molecule has 1 aromatic carbocycles.